The van der Waals surface area contributed by atoms with E-state index in [0.717, 1.165) is 26.2 Å². The van der Waals surface area contributed by atoms with Gasteiger partial charge in [0.25, 0.3) is 0 Å². The number of phenols is 1. The van der Waals surface area contributed by atoms with Crippen LogP contribution in [0.5, 0.6) is 11.5 Å². The number of hydrogen-bond acceptors (Lipinski definition) is 5. The van der Waals surface area contributed by atoms with Crippen molar-refractivity contribution >= 4 is 5.78 Å². The summed E-state index contributed by atoms with van der Waals surface area (Å²) in [5.74, 6) is 0.433. The number of methoxy groups -OCH3 is 1. The smallest absolute Gasteiger partial charge is 0.180 e. The number of carbonyl (C=O) groups excluding carboxylic acids is 1. The van der Waals surface area contributed by atoms with Crippen LogP contribution in [0, 0.1) is 0 Å². The average molecular weight is 417 g/mol. The molecule has 0 atom stereocenters. The molecule has 5 heteroatoms. The second kappa shape index (κ2) is 9.77. The Kier molecular flexibility index (Phi) is 6.65. The summed E-state index contributed by atoms with van der Waals surface area (Å²) in [7, 11) is 1.54. The van der Waals surface area contributed by atoms with Crippen LogP contribution in [0.4, 0.5) is 0 Å². The van der Waals surface area contributed by atoms with Crippen molar-refractivity contribution < 1.29 is 14.6 Å². The lowest BCUT2D eigenvalue weighted by molar-refractivity contribution is 0.0805. The van der Waals surface area contributed by atoms with Gasteiger partial charge in [0.05, 0.1) is 25.3 Å². The van der Waals surface area contributed by atoms with Gasteiger partial charge in [-0.3, -0.25) is 14.6 Å². The highest BCUT2D eigenvalue weighted by Gasteiger charge is 2.27. The number of rotatable bonds is 7. The first kappa shape index (κ1) is 21.1. The van der Waals surface area contributed by atoms with Crippen molar-refractivity contribution in [3.05, 3.63) is 95.6 Å². The number of hydrogen-bond donors (Lipinski definition) is 1. The zero-order valence-corrected chi connectivity index (χ0v) is 17.8. The van der Waals surface area contributed by atoms with Gasteiger partial charge in [-0.25, -0.2) is 0 Å². The van der Waals surface area contributed by atoms with E-state index >= 15 is 0 Å². The van der Waals surface area contributed by atoms with Gasteiger partial charge in [0.1, 0.15) is 11.5 Å². The van der Waals surface area contributed by atoms with Crippen LogP contribution in [-0.2, 0) is 0 Å². The molecule has 1 heterocycles. The minimum Gasteiger partial charge on any atom is -0.507 e. The summed E-state index contributed by atoms with van der Waals surface area (Å²) in [5, 5.41) is 10.2. The van der Waals surface area contributed by atoms with Crippen LogP contribution in [0.25, 0.3) is 0 Å². The van der Waals surface area contributed by atoms with Crippen molar-refractivity contribution in [2.75, 3.05) is 39.8 Å². The van der Waals surface area contributed by atoms with Crippen LogP contribution in [0.1, 0.15) is 27.5 Å². The first-order valence-electron chi connectivity index (χ1n) is 10.6. The van der Waals surface area contributed by atoms with Crippen molar-refractivity contribution in [1.29, 1.82) is 0 Å². The Hall–Kier alpha value is -3.15. The molecule has 1 aliphatic heterocycles. The minimum absolute atomic E-state index is 0.0313. The summed E-state index contributed by atoms with van der Waals surface area (Å²) in [6, 6.07) is 26.2. The van der Waals surface area contributed by atoms with Crippen LogP contribution in [0.15, 0.2) is 78.9 Å². The molecule has 1 N–H and O–H groups in total. The lowest BCUT2D eigenvalue weighted by Crippen LogP contribution is -2.49. The van der Waals surface area contributed by atoms with Gasteiger partial charge < -0.3 is 9.84 Å². The molecule has 1 aliphatic rings. The first-order valence-corrected chi connectivity index (χ1v) is 10.6. The van der Waals surface area contributed by atoms with E-state index in [1.807, 2.05) is 12.1 Å². The van der Waals surface area contributed by atoms with Gasteiger partial charge >= 0.3 is 0 Å². The lowest BCUT2D eigenvalue weighted by atomic mass is 9.96. The quantitative estimate of drug-likeness (QED) is 0.590. The summed E-state index contributed by atoms with van der Waals surface area (Å²) in [6.45, 7) is 3.65. The molecule has 0 radical (unpaired) electrons. The van der Waals surface area contributed by atoms with E-state index in [0.29, 0.717) is 17.9 Å². The molecule has 0 unspecified atom stereocenters. The molecule has 0 saturated carbocycles. The third kappa shape index (κ3) is 4.95. The zero-order valence-electron chi connectivity index (χ0n) is 17.8. The summed E-state index contributed by atoms with van der Waals surface area (Å²) in [4.78, 5) is 17.4. The molecule has 3 aromatic carbocycles. The van der Waals surface area contributed by atoms with Gasteiger partial charge in [0.15, 0.2) is 5.78 Å². The minimum atomic E-state index is -0.0729. The fraction of sp³-hybridized carbons (Fsp3) is 0.269. The number of ketones is 1. The largest absolute Gasteiger partial charge is 0.507 e. The number of aromatic hydroxyl groups is 1. The molecule has 5 nitrogen and oxygen atoms in total. The molecule has 31 heavy (non-hydrogen) atoms. The summed E-state index contributed by atoms with van der Waals surface area (Å²) >= 11 is 0. The van der Waals surface area contributed by atoms with Crippen molar-refractivity contribution in [2.45, 2.75) is 6.04 Å². The zero-order chi connectivity index (χ0) is 21.6. The second-order valence-electron chi connectivity index (χ2n) is 7.84. The fourth-order valence-electron chi connectivity index (χ4n) is 4.23. The van der Waals surface area contributed by atoms with E-state index < -0.39 is 0 Å². The van der Waals surface area contributed by atoms with Crippen LogP contribution in [-0.4, -0.2) is 60.5 Å². The molecule has 1 saturated heterocycles. The molecule has 3 aromatic rings. The number of ether oxygens (including phenoxy) is 1. The molecule has 0 bridgehead atoms. The van der Waals surface area contributed by atoms with E-state index in [9.17, 15) is 9.90 Å². The standard InChI is InChI=1S/C26H28N2O3/c1-31-22-12-13-23(24(29)18-22)25(30)19-27-14-16-28(17-15-27)26(20-8-4-2-5-9-20)21-10-6-3-7-11-21/h2-13,18,26,29H,14-17,19H2,1H3. The average Bonchev–Trinajstić information content (AvgIpc) is 2.81. The SMILES string of the molecule is COc1ccc(C(=O)CN2CCN(C(c3ccccc3)c3ccccc3)CC2)c(O)c1. The Morgan fingerprint density at radius 2 is 1.48 bits per heavy atom. The summed E-state index contributed by atoms with van der Waals surface area (Å²) in [6.07, 6.45) is 0. The molecule has 0 aliphatic carbocycles. The fourth-order valence-corrected chi connectivity index (χ4v) is 4.23. The van der Waals surface area contributed by atoms with Gasteiger partial charge in [-0.2, -0.15) is 0 Å². The molecule has 0 aromatic heterocycles. The molecule has 1 fully saturated rings. The van der Waals surface area contributed by atoms with Crippen molar-refractivity contribution in [1.82, 2.24) is 9.80 Å². The Balaban J connectivity index is 1.43. The monoisotopic (exact) mass is 416 g/mol. The third-order valence-corrected chi connectivity index (χ3v) is 5.88. The maximum absolute atomic E-state index is 12.7. The van der Waals surface area contributed by atoms with E-state index in [4.69, 9.17) is 4.74 Å². The van der Waals surface area contributed by atoms with Gasteiger partial charge in [-0.15, -0.1) is 0 Å². The van der Waals surface area contributed by atoms with E-state index in [1.54, 1.807) is 12.1 Å². The van der Waals surface area contributed by atoms with Gasteiger partial charge in [-0.05, 0) is 23.3 Å². The second-order valence-corrected chi connectivity index (χ2v) is 7.84. The van der Waals surface area contributed by atoms with Gasteiger partial charge in [0, 0.05) is 32.2 Å². The lowest BCUT2D eigenvalue weighted by Gasteiger charge is -2.39. The van der Waals surface area contributed by atoms with Crippen LogP contribution in [0.3, 0.4) is 0 Å². The van der Waals surface area contributed by atoms with Crippen LogP contribution in [0.2, 0.25) is 0 Å². The predicted octanol–water partition coefficient (Wildman–Crippen LogP) is 3.99. The number of benzene rings is 3. The molecule has 160 valence electrons. The number of carbonyl (C=O) groups is 1. The van der Waals surface area contributed by atoms with Gasteiger partial charge in [-0.1, -0.05) is 60.7 Å². The Morgan fingerprint density at radius 1 is 0.903 bits per heavy atom. The van der Waals surface area contributed by atoms with Crippen molar-refractivity contribution in [3.8, 4) is 11.5 Å². The molecule has 0 spiro atoms. The van der Waals surface area contributed by atoms with Crippen LogP contribution < -0.4 is 4.74 Å². The van der Waals surface area contributed by atoms with E-state index in [2.05, 4.69) is 58.3 Å². The number of nitrogens with zero attached hydrogens (tertiary/aromatic N) is 2. The topological polar surface area (TPSA) is 53.0 Å². The van der Waals surface area contributed by atoms with Crippen LogP contribution >= 0.6 is 0 Å². The summed E-state index contributed by atoms with van der Waals surface area (Å²) in [5.41, 5.74) is 2.90. The number of Topliss-reactive ketones (excluding diaryl/α,β-unsaturated/α-hetero) is 1. The maximum Gasteiger partial charge on any atom is 0.180 e. The number of phenolic OH excluding ortho intramolecular Hbond substituents is 1. The highest BCUT2D eigenvalue weighted by atomic mass is 16.5. The Morgan fingerprint density at radius 3 is 2.00 bits per heavy atom. The van der Waals surface area contributed by atoms with E-state index in [1.165, 1.54) is 24.3 Å². The Bertz CT molecular complexity index is 960. The maximum atomic E-state index is 12.7. The van der Waals surface area contributed by atoms with Crippen molar-refractivity contribution in [3.63, 3.8) is 0 Å². The van der Waals surface area contributed by atoms with Gasteiger partial charge in [0.2, 0.25) is 0 Å². The number of piperazine rings is 1. The summed E-state index contributed by atoms with van der Waals surface area (Å²) < 4.78 is 5.10. The predicted molar refractivity (Wildman–Crippen MR) is 122 cm³/mol. The third-order valence-electron chi connectivity index (χ3n) is 5.88. The van der Waals surface area contributed by atoms with E-state index in [-0.39, 0.29) is 17.6 Å². The highest BCUT2D eigenvalue weighted by molar-refractivity contribution is 6.00. The first-order chi connectivity index (χ1) is 15.2. The highest BCUT2D eigenvalue weighted by Crippen LogP contribution is 2.30. The van der Waals surface area contributed by atoms with Crippen molar-refractivity contribution in [2.24, 2.45) is 0 Å². The Labute approximate surface area is 183 Å². The molecule has 0 amide bonds. The molecule has 4 rings (SSSR count). The normalized spacial score (nSPS) is 15.2. The molecular weight excluding hydrogens is 388 g/mol. The molecular formula is C26H28N2O3.